The van der Waals surface area contributed by atoms with Crippen LogP contribution < -0.4 is 33.4 Å². The second kappa shape index (κ2) is 45.8. The molecule has 2 aromatic carbocycles. The predicted molar refractivity (Wildman–Crippen MR) is 382 cm³/mol. The van der Waals surface area contributed by atoms with Gasteiger partial charge in [0.25, 0.3) is 23.6 Å². The summed E-state index contributed by atoms with van der Waals surface area (Å²) in [6.45, 7) is 11.5. The molecule has 9 aromatic heterocycles. The van der Waals surface area contributed by atoms with E-state index in [1.165, 1.54) is 47.0 Å². The number of nitrogens with two attached hydrogens (primary N) is 2. The highest BCUT2D eigenvalue weighted by atomic mass is 127. The summed E-state index contributed by atoms with van der Waals surface area (Å²) >= 11 is 2.15. The minimum atomic E-state index is -0.266. The van der Waals surface area contributed by atoms with Crippen molar-refractivity contribution >= 4 is 75.1 Å². The van der Waals surface area contributed by atoms with E-state index >= 15 is 0 Å². The van der Waals surface area contributed by atoms with E-state index in [1.807, 2.05) is 123 Å². The largest absolute Gasteiger partial charge is 0.468 e. The highest BCUT2D eigenvalue weighted by Crippen LogP contribution is 2.18. The van der Waals surface area contributed by atoms with Crippen molar-refractivity contribution in [2.45, 2.75) is 106 Å². The normalized spacial score (nSPS) is 9.85. The molecule has 0 spiro atoms. The van der Waals surface area contributed by atoms with E-state index in [9.17, 15) is 33.6 Å². The number of halogens is 1. The Labute approximate surface area is 587 Å². The van der Waals surface area contributed by atoms with Crippen LogP contribution in [0.5, 0.6) is 0 Å². The van der Waals surface area contributed by atoms with Gasteiger partial charge in [0.2, 0.25) is 0 Å². The molecule has 8 N–H and O–H groups in total. The number of rotatable bonds is 21. The molecular formula is C68H85IN22O8. The van der Waals surface area contributed by atoms with Crippen LogP contribution in [0.15, 0.2) is 203 Å². The van der Waals surface area contributed by atoms with Crippen molar-refractivity contribution in [2.75, 3.05) is 22.9 Å². The fourth-order valence-corrected chi connectivity index (χ4v) is 8.62. The summed E-state index contributed by atoms with van der Waals surface area (Å²) in [6, 6.07) is 27.9. The van der Waals surface area contributed by atoms with Crippen LogP contribution in [0.2, 0.25) is 0 Å². The van der Waals surface area contributed by atoms with Crippen LogP contribution in [0, 0.1) is 27.7 Å². The summed E-state index contributed by atoms with van der Waals surface area (Å²) in [6.07, 6.45) is 35.9. The first-order chi connectivity index (χ1) is 47.8. The van der Waals surface area contributed by atoms with Crippen LogP contribution in [0.4, 0.5) is 11.4 Å². The number of carbonyl (C=O) groups is 7. The van der Waals surface area contributed by atoms with Crippen LogP contribution in [0.1, 0.15) is 74.9 Å². The number of pyridine rings is 2. The van der Waals surface area contributed by atoms with E-state index in [4.69, 9.17) is 11.7 Å². The van der Waals surface area contributed by atoms with Gasteiger partial charge in [0, 0.05) is 98.1 Å². The molecule has 0 radical (unpaired) electrons. The Morgan fingerprint density at radius 2 is 0.818 bits per heavy atom. The second-order valence-electron chi connectivity index (χ2n) is 21.2. The Kier molecular flexibility index (Phi) is 37.0. The van der Waals surface area contributed by atoms with Crippen molar-refractivity contribution < 1.29 is 38.3 Å². The summed E-state index contributed by atoms with van der Waals surface area (Å²) in [5.41, 5.74) is 20.7. The molecule has 30 nitrogen and oxygen atoms in total. The SMILES string of the molecule is CC(=O)CC(C)=O.CI.COC(=O)Cn1ccnc1.Cc1cc(C)n(C(=O)Cn2ccnc2)n1.Cc1cc(C)n(C(=O)Cn2ccnc2)n1.NNC(=O)Cn1ccnc1.NNc1ccccc1CCc1ccncc1.O=C(Cn1ccnc1)NNc1ccccc1CCc1ccncc1. The zero-order valence-electron chi connectivity index (χ0n) is 56.6. The number of nitrogens with one attached hydrogen (secondary N) is 4. The third-order valence-corrected chi connectivity index (χ3v) is 13.2. The Balaban J connectivity index is 0.000000251. The van der Waals surface area contributed by atoms with Crippen molar-refractivity contribution in [3.63, 3.8) is 0 Å². The van der Waals surface area contributed by atoms with E-state index in [1.54, 1.807) is 129 Å². The Hall–Kier alpha value is -11.5. The number of para-hydroxylation sites is 2. The number of alkyl halides is 1. The molecule has 31 heteroatoms. The number of benzene rings is 2. The number of aryl methyl sites for hydroxylation is 8. The van der Waals surface area contributed by atoms with Crippen LogP contribution in [0.25, 0.3) is 0 Å². The number of hydrogen-bond donors (Lipinski definition) is 6. The molecule has 11 aromatic rings. The third kappa shape index (κ3) is 32.2. The molecule has 0 saturated carbocycles. The molecule has 0 aliphatic heterocycles. The van der Waals surface area contributed by atoms with E-state index in [-0.39, 0.29) is 80.3 Å². The van der Waals surface area contributed by atoms with Crippen molar-refractivity contribution in [1.82, 2.24) is 88.1 Å². The van der Waals surface area contributed by atoms with Gasteiger partial charge in [0.1, 0.15) is 44.3 Å². The highest BCUT2D eigenvalue weighted by Gasteiger charge is 2.12. The summed E-state index contributed by atoms with van der Waals surface area (Å²) in [7, 11) is 1.36. The molecule has 0 unspecified atom stereocenters. The summed E-state index contributed by atoms with van der Waals surface area (Å²) in [4.78, 5) is 106. The molecule has 0 bridgehead atoms. The number of imidazole rings is 5. The first-order valence-corrected chi connectivity index (χ1v) is 32.8. The van der Waals surface area contributed by atoms with Gasteiger partial charge in [-0.2, -0.15) is 10.2 Å². The number of ketones is 2. The van der Waals surface area contributed by atoms with Gasteiger partial charge in [0.05, 0.1) is 67.9 Å². The van der Waals surface area contributed by atoms with Crippen molar-refractivity contribution in [3.8, 4) is 0 Å². The number of hydrogen-bond acceptors (Lipinski definition) is 21. The summed E-state index contributed by atoms with van der Waals surface area (Å²) in [5.74, 6) is 9.44. The van der Waals surface area contributed by atoms with E-state index in [0.29, 0.717) is 0 Å². The molecule has 0 atom stereocenters. The maximum absolute atomic E-state index is 11.9. The molecule has 0 fully saturated rings. The van der Waals surface area contributed by atoms with Gasteiger partial charge in [-0.15, -0.1) is 0 Å². The van der Waals surface area contributed by atoms with Crippen LogP contribution in [0.3, 0.4) is 0 Å². The smallest absolute Gasteiger partial charge is 0.325 e. The quantitative estimate of drug-likeness (QED) is 0.00804. The van der Waals surface area contributed by atoms with Crippen molar-refractivity contribution in [2.24, 2.45) is 11.7 Å². The molecule has 0 aliphatic rings. The lowest BCUT2D eigenvalue weighted by atomic mass is 10.0. The molecule has 99 heavy (non-hydrogen) atoms. The maximum Gasteiger partial charge on any atom is 0.325 e. The fourth-order valence-electron chi connectivity index (χ4n) is 8.62. The second-order valence-corrected chi connectivity index (χ2v) is 21.2. The minimum absolute atomic E-state index is 0.0569. The van der Waals surface area contributed by atoms with Gasteiger partial charge in [-0.25, -0.2) is 40.1 Å². The number of amides is 2. The van der Waals surface area contributed by atoms with Crippen molar-refractivity contribution in [3.05, 3.63) is 248 Å². The number of nitrogen functional groups attached to an aromatic ring is 1. The van der Waals surface area contributed by atoms with Gasteiger partial charge in [-0.3, -0.25) is 65.6 Å². The summed E-state index contributed by atoms with van der Waals surface area (Å²) < 4.78 is 15.7. The zero-order valence-corrected chi connectivity index (χ0v) is 58.7. The standard InChI is InChI=1S/C18H19N5O.C13H15N3.2C10H12N4O.C6H8N2O2.C5H8N4O.C5H8O2.CH3I/c24-18(13-23-12-11-20-14-23)22-21-17-4-2-1-3-16(17)6-5-15-7-9-19-10-8-15;14-16-13-4-2-1-3-12(13)6-5-11-7-9-15-10-8-11;2*1-8-5-9(2)14(12-8)10(15)6-13-4-3-11-7-13;1-10-6(9)4-8-3-2-7-5-8;6-8-5(10)3-9-2-1-7-4-9;1-4(6)3-5(2)7;1-2/h1-4,7-12,14,21H,5-6,13H2,(H,22,24);1-4,7-10,16H,5-6,14H2;2*3-5,7H,6H2,1-2H3;2-3,5H,4H2,1H3;1-2,4H,3,6H2,(H,8,10);3H2,1-2H3;1H3. The lowest BCUT2D eigenvalue weighted by Crippen LogP contribution is -2.32. The molecule has 9 heterocycles. The van der Waals surface area contributed by atoms with E-state index in [0.717, 1.165) is 65.4 Å². The molecular weight excluding hydrogens is 1380 g/mol. The first-order valence-electron chi connectivity index (χ1n) is 30.6. The van der Waals surface area contributed by atoms with E-state index < -0.39 is 0 Å². The highest BCUT2D eigenvalue weighted by molar-refractivity contribution is 14.1. The Bertz CT molecular complexity index is 3920. The first kappa shape index (κ1) is 80.0. The fraction of sp³-hybridized carbons (Fsp3) is 0.265. The number of anilines is 2. The zero-order chi connectivity index (χ0) is 72.2. The number of nitrogens with zero attached hydrogens (tertiary/aromatic N) is 16. The number of ether oxygens (including phenoxy) is 1. The number of hydrazine groups is 3. The average molecular weight is 1470 g/mol. The number of aromatic nitrogens is 16. The number of methoxy groups -OCH3 is 1. The number of Topliss-reactive ketones (excluding diaryl/α,β-unsaturated/α-hetero) is 2. The summed E-state index contributed by atoms with van der Waals surface area (Å²) in [5, 5.41) is 8.25. The predicted octanol–water partition coefficient (Wildman–Crippen LogP) is 6.97. The molecule has 0 saturated heterocycles. The molecule has 522 valence electrons. The van der Waals surface area contributed by atoms with Gasteiger partial charge in [-0.1, -0.05) is 59.0 Å². The molecule has 11 rings (SSSR count). The lowest BCUT2D eigenvalue weighted by Gasteiger charge is -2.13. The van der Waals surface area contributed by atoms with Gasteiger partial charge in [-0.05, 0) is 143 Å². The monoisotopic (exact) mass is 1460 g/mol. The minimum Gasteiger partial charge on any atom is -0.468 e. The topological polar surface area (TPSA) is 379 Å². The Morgan fingerprint density at radius 3 is 1.15 bits per heavy atom. The van der Waals surface area contributed by atoms with Gasteiger partial charge in [0.15, 0.2) is 0 Å². The molecule has 0 aliphatic carbocycles. The van der Waals surface area contributed by atoms with Gasteiger partial charge >= 0.3 is 5.97 Å². The molecule has 2 amide bonds. The number of carbonyl (C=O) groups excluding carboxylic acids is 7. The van der Waals surface area contributed by atoms with Crippen LogP contribution in [-0.2, 0) is 87.1 Å². The van der Waals surface area contributed by atoms with Crippen LogP contribution in [-0.4, -0.2) is 130 Å². The third-order valence-electron chi connectivity index (χ3n) is 13.2. The average Bonchev–Trinajstić information content (AvgIpc) is 1.73. The maximum atomic E-state index is 11.9. The Morgan fingerprint density at radius 1 is 0.455 bits per heavy atom. The number of esters is 1. The lowest BCUT2D eigenvalue weighted by molar-refractivity contribution is -0.141. The van der Waals surface area contributed by atoms with Crippen molar-refractivity contribution in [1.29, 1.82) is 0 Å². The van der Waals surface area contributed by atoms with E-state index in [2.05, 4.69) is 101 Å². The van der Waals surface area contributed by atoms with Crippen LogP contribution >= 0.6 is 22.6 Å². The van der Waals surface area contributed by atoms with Gasteiger partial charge < -0.3 is 33.0 Å².